The van der Waals surface area contributed by atoms with Crippen molar-refractivity contribution in [2.75, 3.05) is 26.2 Å². The summed E-state index contributed by atoms with van der Waals surface area (Å²) in [4.78, 5) is 19.3. The maximum absolute atomic E-state index is 12.5. The van der Waals surface area contributed by atoms with Crippen LogP contribution in [0.4, 0.5) is 0 Å². The van der Waals surface area contributed by atoms with Crippen molar-refractivity contribution in [1.29, 1.82) is 0 Å². The highest BCUT2D eigenvalue weighted by Crippen LogP contribution is 2.18. The summed E-state index contributed by atoms with van der Waals surface area (Å²) in [7, 11) is 0. The van der Waals surface area contributed by atoms with Crippen molar-refractivity contribution < 1.29 is 4.79 Å². The molecule has 0 radical (unpaired) electrons. The molecule has 1 atom stereocenters. The first kappa shape index (κ1) is 15.9. The van der Waals surface area contributed by atoms with Crippen LogP contribution in [0.5, 0.6) is 0 Å². The van der Waals surface area contributed by atoms with Gasteiger partial charge in [0.25, 0.3) is 5.91 Å². The molecule has 0 aliphatic carbocycles. The molecule has 1 fully saturated rings. The first-order valence-electron chi connectivity index (χ1n) is 8.48. The van der Waals surface area contributed by atoms with Gasteiger partial charge in [0.15, 0.2) is 0 Å². The van der Waals surface area contributed by atoms with Crippen molar-refractivity contribution in [3.63, 3.8) is 0 Å². The van der Waals surface area contributed by atoms with E-state index < -0.39 is 0 Å². The van der Waals surface area contributed by atoms with Crippen LogP contribution in [0.15, 0.2) is 36.5 Å². The fourth-order valence-electron chi connectivity index (χ4n) is 3.39. The highest BCUT2D eigenvalue weighted by molar-refractivity contribution is 6.05. The maximum Gasteiger partial charge on any atom is 0.252 e. The normalized spacial score (nSPS) is 18.7. The number of pyridine rings is 1. The van der Waals surface area contributed by atoms with Crippen LogP contribution in [0.25, 0.3) is 10.9 Å². The topological polar surface area (TPSA) is 45.2 Å². The molecule has 2 heterocycles. The van der Waals surface area contributed by atoms with Crippen molar-refractivity contribution >= 4 is 16.8 Å². The third-order valence-corrected chi connectivity index (χ3v) is 4.44. The molecule has 3 rings (SSSR count). The number of likely N-dealkylation sites (tertiary alicyclic amines) is 1. The molecule has 0 spiro atoms. The SMILES string of the molecule is CC(C)CN1CCC(CNC(=O)c2ccnc3ccccc23)C1. The summed E-state index contributed by atoms with van der Waals surface area (Å²) in [5.74, 6) is 1.27. The molecule has 1 aliphatic heterocycles. The number of nitrogens with one attached hydrogen (secondary N) is 1. The zero-order valence-corrected chi connectivity index (χ0v) is 14.0. The average Bonchev–Trinajstić information content (AvgIpc) is 2.98. The van der Waals surface area contributed by atoms with E-state index in [0.717, 1.165) is 37.1 Å². The fourth-order valence-corrected chi connectivity index (χ4v) is 3.39. The number of hydrogen-bond donors (Lipinski definition) is 1. The summed E-state index contributed by atoms with van der Waals surface area (Å²) in [5.41, 5.74) is 1.58. The van der Waals surface area contributed by atoms with Gasteiger partial charge in [-0.2, -0.15) is 0 Å². The Labute approximate surface area is 137 Å². The molecular formula is C19H25N3O. The first-order valence-corrected chi connectivity index (χ1v) is 8.48. The molecule has 1 N–H and O–H groups in total. The molecule has 1 aliphatic rings. The van der Waals surface area contributed by atoms with Gasteiger partial charge in [-0.15, -0.1) is 0 Å². The summed E-state index contributed by atoms with van der Waals surface area (Å²) in [6.45, 7) is 8.66. The molecule has 4 nitrogen and oxygen atoms in total. The van der Waals surface area contributed by atoms with Crippen molar-refractivity contribution in [3.05, 3.63) is 42.1 Å². The van der Waals surface area contributed by atoms with E-state index in [-0.39, 0.29) is 5.91 Å². The molecule has 23 heavy (non-hydrogen) atoms. The Balaban J connectivity index is 1.59. The summed E-state index contributed by atoms with van der Waals surface area (Å²) in [6, 6.07) is 9.59. The Morgan fingerprint density at radius 1 is 1.35 bits per heavy atom. The van der Waals surface area contributed by atoms with Gasteiger partial charge in [-0.25, -0.2) is 0 Å². The molecule has 4 heteroatoms. The van der Waals surface area contributed by atoms with Gasteiger partial charge in [-0.05, 0) is 36.9 Å². The molecule has 0 saturated carbocycles. The van der Waals surface area contributed by atoms with Crippen molar-refractivity contribution in [2.45, 2.75) is 20.3 Å². The number of carbonyl (C=O) groups excluding carboxylic acids is 1. The molecular weight excluding hydrogens is 286 g/mol. The van der Waals surface area contributed by atoms with E-state index in [4.69, 9.17) is 0 Å². The number of fused-ring (bicyclic) bond motifs is 1. The number of para-hydroxylation sites is 1. The first-order chi connectivity index (χ1) is 11.1. The molecule has 1 unspecified atom stereocenters. The van der Waals surface area contributed by atoms with Gasteiger partial charge in [-0.1, -0.05) is 32.0 Å². The van der Waals surface area contributed by atoms with Gasteiger partial charge in [0.2, 0.25) is 0 Å². The van der Waals surface area contributed by atoms with Gasteiger partial charge in [-0.3, -0.25) is 9.78 Å². The molecule has 1 aromatic heterocycles. The predicted octanol–water partition coefficient (Wildman–Crippen LogP) is 2.94. The van der Waals surface area contributed by atoms with Crippen LogP contribution in [0, 0.1) is 11.8 Å². The summed E-state index contributed by atoms with van der Waals surface area (Å²) < 4.78 is 0. The minimum absolute atomic E-state index is 0.00547. The van der Waals surface area contributed by atoms with Gasteiger partial charge in [0.1, 0.15) is 0 Å². The summed E-state index contributed by atoms with van der Waals surface area (Å²) in [5, 5.41) is 4.03. The van der Waals surface area contributed by atoms with Crippen LogP contribution in [0.2, 0.25) is 0 Å². The largest absolute Gasteiger partial charge is 0.352 e. The number of hydrogen-bond acceptors (Lipinski definition) is 3. The Bertz CT molecular complexity index is 678. The predicted molar refractivity (Wildman–Crippen MR) is 93.5 cm³/mol. The average molecular weight is 311 g/mol. The van der Waals surface area contributed by atoms with Gasteiger partial charge in [0.05, 0.1) is 11.1 Å². The lowest BCUT2D eigenvalue weighted by molar-refractivity contribution is 0.0949. The highest BCUT2D eigenvalue weighted by Gasteiger charge is 2.23. The Kier molecular flexibility index (Phi) is 4.91. The van der Waals surface area contributed by atoms with Crippen LogP contribution in [-0.2, 0) is 0 Å². The second kappa shape index (κ2) is 7.09. The molecule has 1 aromatic carbocycles. The lowest BCUT2D eigenvalue weighted by Crippen LogP contribution is -2.32. The number of carbonyl (C=O) groups is 1. The van der Waals surface area contributed by atoms with Crippen LogP contribution in [0.1, 0.15) is 30.6 Å². The molecule has 122 valence electrons. The lowest BCUT2D eigenvalue weighted by Gasteiger charge is -2.18. The van der Waals surface area contributed by atoms with E-state index in [1.807, 2.05) is 24.3 Å². The third kappa shape index (κ3) is 3.88. The smallest absolute Gasteiger partial charge is 0.252 e. The van der Waals surface area contributed by atoms with E-state index in [0.29, 0.717) is 17.4 Å². The number of rotatable bonds is 5. The lowest BCUT2D eigenvalue weighted by atomic mass is 10.1. The molecule has 2 aromatic rings. The van der Waals surface area contributed by atoms with Crippen molar-refractivity contribution in [1.82, 2.24) is 15.2 Å². The minimum atomic E-state index is 0.00547. The van der Waals surface area contributed by atoms with E-state index in [1.165, 1.54) is 6.42 Å². The zero-order chi connectivity index (χ0) is 16.2. The van der Waals surface area contributed by atoms with E-state index in [9.17, 15) is 4.79 Å². The van der Waals surface area contributed by atoms with E-state index >= 15 is 0 Å². The molecule has 1 saturated heterocycles. The third-order valence-electron chi connectivity index (χ3n) is 4.44. The number of benzene rings is 1. The van der Waals surface area contributed by atoms with Crippen molar-refractivity contribution in [3.8, 4) is 0 Å². The molecule has 0 bridgehead atoms. The number of amides is 1. The van der Waals surface area contributed by atoms with Crippen LogP contribution >= 0.6 is 0 Å². The van der Waals surface area contributed by atoms with Gasteiger partial charge < -0.3 is 10.2 Å². The highest BCUT2D eigenvalue weighted by atomic mass is 16.1. The Hall–Kier alpha value is -1.94. The fraction of sp³-hybridized carbons (Fsp3) is 0.474. The van der Waals surface area contributed by atoms with Crippen LogP contribution < -0.4 is 5.32 Å². The number of aromatic nitrogens is 1. The second-order valence-corrected chi connectivity index (χ2v) is 6.89. The standard InChI is InChI=1S/C19H25N3O/c1-14(2)12-22-10-8-15(13-22)11-21-19(23)17-7-9-20-18-6-4-3-5-16(17)18/h3-7,9,14-15H,8,10-13H2,1-2H3,(H,21,23). The van der Waals surface area contributed by atoms with E-state index in [2.05, 4.69) is 29.0 Å². The van der Waals surface area contributed by atoms with Gasteiger partial charge >= 0.3 is 0 Å². The summed E-state index contributed by atoms with van der Waals surface area (Å²) >= 11 is 0. The minimum Gasteiger partial charge on any atom is -0.352 e. The zero-order valence-electron chi connectivity index (χ0n) is 14.0. The van der Waals surface area contributed by atoms with Gasteiger partial charge in [0, 0.05) is 31.2 Å². The van der Waals surface area contributed by atoms with Crippen LogP contribution in [0.3, 0.4) is 0 Å². The van der Waals surface area contributed by atoms with Crippen LogP contribution in [-0.4, -0.2) is 42.0 Å². The Morgan fingerprint density at radius 2 is 2.17 bits per heavy atom. The molecule has 1 amide bonds. The van der Waals surface area contributed by atoms with Crippen molar-refractivity contribution in [2.24, 2.45) is 11.8 Å². The van der Waals surface area contributed by atoms with E-state index in [1.54, 1.807) is 12.3 Å². The second-order valence-electron chi connectivity index (χ2n) is 6.89. The quantitative estimate of drug-likeness (QED) is 0.923. The summed E-state index contributed by atoms with van der Waals surface area (Å²) in [6.07, 6.45) is 2.88. The number of nitrogens with zero attached hydrogens (tertiary/aromatic N) is 2. The maximum atomic E-state index is 12.5. The monoisotopic (exact) mass is 311 g/mol. The Morgan fingerprint density at radius 3 is 3.00 bits per heavy atom.